The Morgan fingerprint density at radius 1 is 1.20 bits per heavy atom. The summed E-state index contributed by atoms with van der Waals surface area (Å²) in [7, 11) is 1.37. The van der Waals surface area contributed by atoms with Crippen LogP contribution < -0.4 is 4.74 Å². The van der Waals surface area contributed by atoms with E-state index in [-0.39, 0.29) is 35.0 Å². The Balaban J connectivity index is 2.42. The zero-order valence-corrected chi connectivity index (χ0v) is 14.4. The van der Waals surface area contributed by atoms with Gasteiger partial charge in [0.05, 0.1) is 13.2 Å². The fourth-order valence-electron chi connectivity index (χ4n) is 2.68. The smallest absolute Gasteiger partial charge is 0.342 e. The summed E-state index contributed by atoms with van der Waals surface area (Å²) in [5.41, 5.74) is 0.467. The predicted molar refractivity (Wildman–Crippen MR) is 90.9 cm³/mol. The van der Waals surface area contributed by atoms with Crippen LogP contribution in [-0.4, -0.2) is 35.9 Å². The molecule has 6 heteroatoms. The summed E-state index contributed by atoms with van der Waals surface area (Å²) in [5, 5.41) is 9.83. The van der Waals surface area contributed by atoms with Crippen molar-refractivity contribution in [3.05, 3.63) is 35.4 Å². The van der Waals surface area contributed by atoms with Crippen LogP contribution in [0.25, 0.3) is 0 Å². The van der Waals surface area contributed by atoms with E-state index in [0.717, 1.165) is 0 Å². The lowest BCUT2D eigenvalue weighted by Crippen LogP contribution is -2.19. The highest BCUT2D eigenvalue weighted by atomic mass is 16.5. The number of allylic oxidation sites excluding steroid dienone is 2. The van der Waals surface area contributed by atoms with Crippen LogP contribution in [0.3, 0.4) is 0 Å². The Labute approximate surface area is 146 Å². The SMILES string of the molecule is COc1cc(O)cc2c1C(=O)O[C@@H](C)CCC(=O)CC/C=C/C(=O)C2. The van der Waals surface area contributed by atoms with Crippen LogP contribution in [0.1, 0.15) is 48.5 Å². The molecule has 1 aromatic carbocycles. The minimum absolute atomic E-state index is 0.0694. The second-order valence-corrected chi connectivity index (χ2v) is 6.06. The van der Waals surface area contributed by atoms with E-state index >= 15 is 0 Å². The molecule has 6 nitrogen and oxygen atoms in total. The highest BCUT2D eigenvalue weighted by molar-refractivity contribution is 5.98. The predicted octanol–water partition coefficient (Wildman–Crippen LogP) is 2.76. The molecule has 0 amide bonds. The maximum absolute atomic E-state index is 12.6. The van der Waals surface area contributed by atoms with Crippen molar-refractivity contribution < 1.29 is 29.0 Å². The molecule has 1 N–H and O–H groups in total. The van der Waals surface area contributed by atoms with Gasteiger partial charge in [0.25, 0.3) is 0 Å². The maximum atomic E-state index is 12.6. The lowest BCUT2D eigenvalue weighted by Gasteiger charge is -2.17. The van der Waals surface area contributed by atoms with Gasteiger partial charge in [0.1, 0.15) is 22.8 Å². The standard InChI is InChI=1S/C19H22O6/c1-12-7-8-14(20)5-3-4-6-15(21)9-13-10-16(22)11-17(24-2)18(13)19(23)25-12/h4,6,10-12,22H,3,5,7-9H2,1-2H3/b6-4+/t12-/m0/s1. The van der Waals surface area contributed by atoms with Crippen LogP contribution in [0, 0.1) is 0 Å². The van der Waals surface area contributed by atoms with Crippen LogP contribution in [-0.2, 0) is 20.7 Å². The quantitative estimate of drug-likeness (QED) is 0.787. The molecule has 0 aromatic heterocycles. The van der Waals surface area contributed by atoms with Gasteiger partial charge in [-0.25, -0.2) is 4.79 Å². The fourth-order valence-corrected chi connectivity index (χ4v) is 2.68. The van der Waals surface area contributed by atoms with Gasteiger partial charge >= 0.3 is 5.97 Å². The summed E-state index contributed by atoms with van der Waals surface area (Å²) < 4.78 is 10.6. The summed E-state index contributed by atoms with van der Waals surface area (Å²) in [5.74, 6) is -0.757. The molecule has 1 aromatic rings. The number of phenolic OH excluding ortho intramolecular Hbond substituents is 1. The van der Waals surface area contributed by atoms with Crippen LogP contribution in [0.5, 0.6) is 11.5 Å². The topological polar surface area (TPSA) is 89.9 Å². The minimum Gasteiger partial charge on any atom is -0.508 e. The number of benzene rings is 1. The first-order chi connectivity index (χ1) is 11.9. The van der Waals surface area contributed by atoms with Crippen molar-refractivity contribution in [3.8, 4) is 11.5 Å². The Bertz CT molecular complexity index is 704. The van der Waals surface area contributed by atoms with Crippen LogP contribution >= 0.6 is 0 Å². The van der Waals surface area contributed by atoms with Gasteiger partial charge in [-0.05, 0) is 37.5 Å². The number of carbonyl (C=O) groups is 3. The van der Waals surface area contributed by atoms with E-state index in [1.807, 2.05) is 0 Å². The zero-order chi connectivity index (χ0) is 18.4. The number of hydrogen-bond donors (Lipinski definition) is 1. The van der Waals surface area contributed by atoms with E-state index in [0.29, 0.717) is 31.2 Å². The van der Waals surface area contributed by atoms with E-state index in [1.165, 1.54) is 25.3 Å². The Kier molecular flexibility index (Phi) is 6.33. The number of esters is 1. The molecular weight excluding hydrogens is 324 g/mol. The highest BCUT2D eigenvalue weighted by Gasteiger charge is 2.23. The van der Waals surface area contributed by atoms with Gasteiger partial charge in [-0.3, -0.25) is 9.59 Å². The third-order valence-electron chi connectivity index (χ3n) is 3.99. The van der Waals surface area contributed by atoms with Gasteiger partial charge in [0.15, 0.2) is 5.78 Å². The van der Waals surface area contributed by atoms with E-state index in [1.54, 1.807) is 13.0 Å². The van der Waals surface area contributed by atoms with Crippen molar-refractivity contribution in [2.45, 2.75) is 45.1 Å². The molecule has 134 valence electrons. The zero-order valence-electron chi connectivity index (χ0n) is 14.4. The van der Waals surface area contributed by atoms with Crippen LogP contribution in [0.4, 0.5) is 0 Å². The molecule has 1 heterocycles. The number of aromatic hydroxyl groups is 1. The monoisotopic (exact) mass is 346 g/mol. The molecule has 0 unspecified atom stereocenters. The first kappa shape index (κ1) is 18.7. The third kappa shape index (κ3) is 5.17. The number of methoxy groups -OCH3 is 1. The molecule has 0 bridgehead atoms. The largest absolute Gasteiger partial charge is 0.508 e. The van der Waals surface area contributed by atoms with Crippen LogP contribution in [0.15, 0.2) is 24.3 Å². The van der Waals surface area contributed by atoms with E-state index < -0.39 is 12.1 Å². The number of phenols is 1. The van der Waals surface area contributed by atoms with Crippen molar-refractivity contribution in [1.82, 2.24) is 0 Å². The van der Waals surface area contributed by atoms with Crippen molar-refractivity contribution in [2.24, 2.45) is 0 Å². The number of cyclic esters (lactones) is 1. The second-order valence-electron chi connectivity index (χ2n) is 6.06. The van der Waals surface area contributed by atoms with E-state index in [9.17, 15) is 19.5 Å². The number of carbonyl (C=O) groups excluding carboxylic acids is 3. The molecule has 1 atom stereocenters. The maximum Gasteiger partial charge on any atom is 0.342 e. The molecule has 2 rings (SSSR count). The van der Waals surface area contributed by atoms with Gasteiger partial charge in [-0.1, -0.05) is 6.08 Å². The summed E-state index contributed by atoms with van der Waals surface area (Å²) in [6.45, 7) is 1.72. The first-order valence-corrected chi connectivity index (χ1v) is 8.22. The normalized spacial score (nSPS) is 21.0. The van der Waals surface area contributed by atoms with Crippen molar-refractivity contribution in [3.63, 3.8) is 0 Å². The second kappa shape index (κ2) is 8.46. The van der Waals surface area contributed by atoms with Crippen molar-refractivity contribution >= 4 is 17.5 Å². The van der Waals surface area contributed by atoms with Crippen molar-refractivity contribution in [1.29, 1.82) is 0 Å². The van der Waals surface area contributed by atoms with Gasteiger partial charge in [0.2, 0.25) is 0 Å². The van der Waals surface area contributed by atoms with E-state index in [2.05, 4.69) is 0 Å². The number of Topliss-reactive ketones (excluding diaryl/α,β-unsaturated/α-hetero) is 1. The minimum atomic E-state index is -0.638. The summed E-state index contributed by atoms with van der Waals surface area (Å²) in [6, 6.07) is 2.67. The first-order valence-electron chi connectivity index (χ1n) is 8.22. The van der Waals surface area contributed by atoms with Gasteiger partial charge in [0, 0.05) is 25.3 Å². The average Bonchev–Trinajstić information content (AvgIpc) is 2.55. The lowest BCUT2D eigenvalue weighted by atomic mass is 9.99. The molecule has 0 fully saturated rings. The molecule has 25 heavy (non-hydrogen) atoms. The van der Waals surface area contributed by atoms with E-state index in [4.69, 9.17) is 9.47 Å². The van der Waals surface area contributed by atoms with Gasteiger partial charge in [-0.2, -0.15) is 0 Å². The summed E-state index contributed by atoms with van der Waals surface area (Å²) >= 11 is 0. The van der Waals surface area contributed by atoms with Crippen molar-refractivity contribution in [2.75, 3.05) is 7.11 Å². The molecule has 0 saturated heterocycles. The lowest BCUT2D eigenvalue weighted by molar-refractivity contribution is -0.119. The Morgan fingerprint density at radius 3 is 2.68 bits per heavy atom. The fraction of sp³-hybridized carbons (Fsp3) is 0.421. The molecule has 0 saturated carbocycles. The third-order valence-corrected chi connectivity index (χ3v) is 3.99. The molecule has 0 radical (unpaired) electrons. The Morgan fingerprint density at radius 2 is 1.96 bits per heavy atom. The van der Waals surface area contributed by atoms with Gasteiger partial charge < -0.3 is 14.6 Å². The number of ether oxygens (including phenoxy) is 2. The number of hydrogen-bond acceptors (Lipinski definition) is 6. The molecule has 1 aliphatic rings. The molecule has 1 aliphatic heterocycles. The molecule has 0 aliphatic carbocycles. The summed E-state index contributed by atoms with van der Waals surface area (Å²) in [4.78, 5) is 36.5. The number of rotatable bonds is 1. The highest BCUT2D eigenvalue weighted by Crippen LogP contribution is 2.30. The molecule has 0 spiro atoms. The summed E-state index contributed by atoms with van der Waals surface area (Å²) in [6.07, 6.45) is 4.13. The number of fused-ring (bicyclic) bond motifs is 1. The number of ketones is 2. The van der Waals surface area contributed by atoms with Gasteiger partial charge in [-0.15, -0.1) is 0 Å². The Hall–Kier alpha value is -2.63. The molecular formula is C19H22O6. The van der Waals surface area contributed by atoms with Crippen LogP contribution in [0.2, 0.25) is 0 Å². The average molecular weight is 346 g/mol.